The third-order valence-corrected chi connectivity index (χ3v) is 4.65. The number of carbonyl (C=O) groups is 1. The predicted molar refractivity (Wildman–Crippen MR) is 102 cm³/mol. The van der Waals surface area contributed by atoms with E-state index >= 15 is 0 Å². The minimum absolute atomic E-state index is 0.0458. The number of para-hydroxylation sites is 1. The number of amides is 1. The van der Waals surface area contributed by atoms with Crippen molar-refractivity contribution in [1.29, 1.82) is 0 Å². The molecule has 3 heterocycles. The number of nitrogens with zero attached hydrogens (tertiary/aromatic N) is 3. The van der Waals surface area contributed by atoms with E-state index in [4.69, 9.17) is 4.52 Å². The van der Waals surface area contributed by atoms with Crippen LogP contribution in [0, 0.1) is 6.92 Å². The van der Waals surface area contributed by atoms with Gasteiger partial charge < -0.3 is 14.8 Å². The van der Waals surface area contributed by atoms with Gasteiger partial charge in [0.1, 0.15) is 0 Å². The van der Waals surface area contributed by atoms with Crippen molar-refractivity contribution in [2.24, 2.45) is 7.05 Å². The largest absolute Gasteiger partial charge is 0.361 e. The Morgan fingerprint density at radius 2 is 2.26 bits per heavy atom. The Kier molecular flexibility index (Phi) is 4.27. The summed E-state index contributed by atoms with van der Waals surface area (Å²) < 4.78 is 6.94. The first-order chi connectivity index (χ1) is 13.0. The Hall–Kier alpha value is -3.35. The van der Waals surface area contributed by atoms with Gasteiger partial charge in [0.25, 0.3) is 5.91 Å². The fourth-order valence-electron chi connectivity index (χ4n) is 3.28. The standard InChI is InChI=1S/C20H21N5O2/c1-12-5-4-6-16-14(9-21-19(12)16)7-13(2)23-20(26)17-8-18(27-24-17)15-10-22-25(3)11-15/h4-6,8-11,13,21H,7H2,1-3H3,(H,23,26)/t13-/m0/s1. The normalized spacial score (nSPS) is 12.4. The number of carbonyl (C=O) groups excluding carboxylic acids is 1. The minimum Gasteiger partial charge on any atom is -0.361 e. The molecule has 0 bridgehead atoms. The van der Waals surface area contributed by atoms with Gasteiger partial charge in [0.05, 0.1) is 11.8 Å². The van der Waals surface area contributed by atoms with Crippen LogP contribution in [0.25, 0.3) is 22.2 Å². The van der Waals surface area contributed by atoms with Crippen molar-refractivity contribution < 1.29 is 9.32 Å². The lowest BCUT2D eigenvalue weighted by atomic mass is 10.0. The maximum Gasteiger partial charge on any atom is 0.273 e. The van der Waals surface area contributed by atoms with Crippen LogP contribution in [0.5, 0.6) is 0 Å². The molecule has 0 unspecified atom stereocenters. The summed E-state index contributed by atoms with van der Waals surface area (Å²) >= 11 is 0. The van der Waals surface area contributed by atoms with Gasteiger partial charge in [-0.3, -0.25) is 9.48 Å². The van der Waals surface area contributed by atoms with Gasteiger partial charge in [-0.2, -0.15) is 5.10 Å². The zero-order valence-corrected chi connectivity index (χ0v) is 15.5. The lowest BCUT2D eigenvalue weighted by molar-refractivity contribution is 0.0931. The number of H-pyrrole nitrogens is 1. The molecule has 4 aromatic rings. The molecule has 4 rings (SSSR count). The van der Waals surface area contributed by atoms with Crippen molar-refractivity contribution in [3.63, 3.8) is 0 Å². The molecule has 0 saturated heterocycles. The number of nitrogens with one attached hydrogen (secondary N) is 2. The first-order valence-electron chi connectivity index (χ1n) is 8.83. The molecule has 0 aliphatic rings. The molecule has 0 saturated carbocycles. The first kappa shape index (κ1) is 17.1. The van der Waals surface area contributed by atoms with E-state index in [0.717, 1.165) is 17.5 Å². The molecule has 0 spiro atoms. The van der Waals surface area contributed by atoms with Gasteiger partial charge in [0.15, 0.2) is 11.5 Å². The fraction of sp³-hybridized carbons (Fsp3) is 0.250. The molecular formula is C20H21N5O2. The van der Waals surface area contributed by atoms with E-state index in [1.165, 1.54) is 16.5 Å². The molecule has 3 aromatic heterocycles. The second kappa shape index (κ2) is 6.75. The summed E-state index contributed by atoms with van der Waals surface area (Å²) in [6.07, 6.45) is 6.22. The van der Waals surface area contributed by atoms with Crippen molar-refractivity contribution in [3.05, 3.63) is 59.7 Å². The van der Waals surface area contributed by atoms with Crippen molar-refractivity contribution in [2.45, 2.75) is 26.3 Å². The second-order valence-electron chi connectivity index (χ2n) is 6.87. The SMILES string of the molecule is Cc1cccc2c(C[C@H](C)NC(=O)c3cc(-c4cnn(C)c4)on3)c[nH]c12. The predicted octanol–water partition coefficient (Wildman–Crippen LogP) is 3.23. The van der Waals surface area contributed by atoms with Gasteiger partial charge in [-0.15, -0.1) is 0 Å². The third kappa shape index (κ3) is 3.36. The first-order valence-corrected chi connectivity index (χ1v) is 8.83. The number of fused-ring (bicyclic) bond motifs is 1. The minimum atomic E-state index is -0.252. The van der Waals surface area contributed by atoms with Crippen LogP contribution >= 0.6 is 0 Å². The highest BCUT2D eigenvalue weighted by Crippen LogP contribution is 2.23. The lowest BCUT2D eigenvalue weighted by Crippen LogP contribution is -2.34. The quantitative estimate of drug-likeness (QED) is 0.570. The molecule has 0 fully saturated rings. The third-order valence-electron chi connectivity index (χ3n) is 4.65. The van der Waals surface area contributed by atoms with E-state index in [9.17, 15) is 4.79 Å². The Morgan fingerprint density at radius 3 is 3.04 bits per heavy atom. The van der Waals surface area contributed by atoms with Gasteiger partial charge in [0, 0.05) is 42.5 Å². The van der Waals surface area contributed by atoms with Crippen LogP contribution in [0.1, 0.15) is 28.5 Å². The fourth-order valence-corrected chi connectivity index (χ4v) is 3.28. The van der Waals surface area contributed by atoms with E-state index < -0.39 is 0 Å². The maximum absolute atomic E-state index is 12.5. The summed E-state index contributed by atoms with van der Waals surface area (Å²) in [5, 5.41) is 12.2. The van der Waals surface area contributed by atoms with Crippen LogP contribution < -0.4 is 5.32 Å². The number of hydrogen-bond acceptors (Lipinski definition) is 4. The van der Waals surface area contributed by atoms with Crippen molar-refractivity contribution in [1.82, 2.24) is 25.2 Å². The Bertz CT molecular complexity index is 1100. The van der Waals surface area contributed by atoms with Crippen molar-refractivity contribution >= 4 is 16.8 Å². The molecule has 1 aromatic carbocycles. The van der Waals surface area contributed by atoms with Crippen LogP contribution in [-0.4, -0.2) is 31.9 Å². The van der Waals surface area contributed by atoms with Crippen LogP contribution in [0.4, 0.5) is 0 Å². The van der Waals surface area contributed by atoms with Crippen LogP contribution in [-0.2, 0) is 13.5 Å². The summed E-state index contributed by atoms with van der Waals surface area (Å²) in [4.78, 5) is 15.8. The van der Waals surface area contributed by atoms with Gasteiger partial charge in [-0.05, 0) is 31.4 Å². The number of hydrogen-bond donors (Lipinski definition) is 2. The van der Waals surface area contributed by atoms with Crippen LogP contribution in [0.15, 0.2) is 47.4 Å². The summed E-state index contributed by atoms with van der Waals surface area (Å²) in [6, 6.07) is 7.82. The number of aryl methyl sites for hydroxylation is 2. The molecule has 0 aliphatic carbocycles. The summed E-state index contributed by atoms with van der Waals surface area (Å²) in [5.41, 5.74) is 4.57. The van der Waals surface area contributed by atoms with Crippen molar-refractivity contribution in [2.75, 3.05) is 0 Å². The molecule has 1 atom stereocenters. The molecule has 7 heteroatoms. The Labute approximate surface area is 156 Å². The van der Waals surface area contributed by atoms with Crippen LogP contribution in [0.2, 0.25) is 0 Å². The van der Waals surface area contributed by atoms with E-state index in [1.54, 1.807) is 16.9 Å². The topological polar surface area (TPSA) is 88.7 Å². The molecular weight excluding hydrogens is 342 g/mol. The number of aromatic nitrogens is 4. The van der Waals surface area contributed by atoms with E-state index in [-0.39, 0.29) is 17.6 Å². The summed E-state index contributed by atoms with van der Waals surface area (Å²) in [6.45, 7) is 4.06. The molecule has 2 N–H and O–H groups in total. The lowest BCUT2D eigenvalue weighted by Gasteiger charge is -2.12. The van der Waals surface area contributed by atoms with Crippen molar-refractivity contribution in [3.8, 4) is 11.3 Å². The van der Waals surface area contributed by atoms with Gasteiger partial charge in [0.2, 0.25) is 0 Å². The zero-order valence-electron chi connectivity index (χ0n) is 15.5. The monoisotopic (exact) mass is 363 g/mol. The Morgan fingerprint density at radius 1 is 1.41 bits per heavy atom. The van der Waals surface area contributed by atoms with Gasteiger partial charge in [-0.25, -0.2) is 0 Å². The van der Waals surface area contributed by atoms with E-state index in [0.29, 0.717) is 5.76 Å². The van der Waals surface area contributed by atoms with Gasteiger partial charge in [-0.1, -0.05) is 23.4 Å². The highest BCUT2D eigenvalue weighted by molar-refractivity contribution is 5.93. The Balaban J connectivity index is 1.45. The van der Waals surface area contributed by atoms with E-state index in [2.05, 4.69) is 39.6 Å². The molecule has 7 nitrogen and oxygen atoms in total. The van der Waals surface area contributed by atoms with Crippen LogP contribution in [0.3, 0.4) is 0 Å². The highest BCUT2D eigenvalue weighted by atomic mass is 16.5. The highest BCUT2D eigenvalue weighted by Gasteiger charge is 2.17. The molecule has 0 aliphatic heterocycles. The summed E-state index contributed by atoms with van der Waals surface area (Å²) in [5.74, 6) is 0.269. The molecule has 138 valence electrons. The zero-order chi connectivity index (χ0) is 19.0. The second-order valence-corrected chi connectivity index (χ2v) is 6.87. The average molecular weight is 363 g/mol. The average Bonchev–Trinajstić information content (AvgIpc) is 3.35. The smallest absolute Gasteiger partial charge is 0.273 e. The molecule has 27 heavy (non-hydrogen) atoms. The molecule has 1 amide bonds. The number of benzene rings is 1. The molecule has 0 radical (unpaired) electrons. The summed E-state index contributed by atoms with van der Waals surface area (Å²) in [7, 11) is 1.82. The maximum atomic E-state index is 12.5. The van der Waals surface area contributed by atoms with Gasteiger partial charge >= 0.3 is 0 Å². The number of aromatic amines is 1. The van der Waals surface area contributed by atoms with E-state index in [1.807, 2.05) is 32.4 Å². The number of rotatable bonds is 5.